The van der Waals surface area contributed by atoms with Gasteiger partial charge in [-0.2, -0.15) is 4.98 Å². The molecule has 1 aliphatic heterocycles. The third-order valence-corrected chi connectivity index (χ3v) is 3.53. The first kappa shape index (κ1) is 16.8. The fourth-order valence-corrected chi connectivity index (χ4v) is 2.31. The summed E-state index contributed by atoms with van der Waals surface area (Å²) in [5.74, 6) is 2.47. The summed E-state index contributed by atoms with van der Waals surface area (Å²) in [5.41, 5.74) is -0.444. The van der Waals surface area contributed by atoms with Gasteiger partial charge >= 0.3 is 6.09 Å². The SMILES string of the molecule is CC(C)CCc1noc(CC2CN(C(=O)OC(C)(C)C)C2)n1. The standard InChI is InChI=1S/C16H27N3O3/c1-11(2)6-7-13-17-14(22-18-13)8-12-9-19(10-12)15(20)21-16(3,4)5/h11-12H,6-10H2,1-5H3. The van der Waals surface area contributed by atoms with E-state index in [9.17, 15) is 4.79 Å². The summed E-state index contributed by atoms with van der Waals surface area (Å²) >= 11 is 0. The molecule has 1 aromatic heterocycles. The number of nitrogens with zero attached hydrogens (tertiary/aromatic N) is 3. The number of carbonyl (C=O) groups excluding carboxylic acids is 1. The van der Waals surface area contributed by atoms with Crippen molar-refractivity contribution in [3.05, 3.63) is 11.7 Å². The minimum Gasteiger partial charge on any atom is -0.444 e. The Morgan fingerprint density at radius 3 is 2.68 bits per heavy atom. The van der Waals surface area contributed by atoms with Gasteiger partial charge in [-0.3, -0.25) is 0 Å². The van der Waals surface area contributed by atoms with Gasteiger partial charge in [0.15, 0.2) is 5.82 Å². The van der Waals surface area contributed by atoms with Gasteiger partial charge < -0.3 is 14.2 Å². The highest BCUT2D eigenvalue weighted by molar-refractivity contribution is 5.69. The van der Waals surface area contributed by atoms with Gasteiger partial charge in [0, 0.05) is 31.8 Å². The maximum Gasteiger partial charge on any atom is 0.410 e. The normalized spacial score (nSPS) is 16.0. The smallest absolute Gasteiger partial charge is 0.410 e. The largest absolute Gasteiger partial charge is 0.444 e. The number of hydrogen-bond donors (Lipinski definition) is 0. The first-order valence-corrected chi connectivity index (χ1v) is 8.02. The summed E-state index contributed by atoms with van der Waals surface area (Å²) in [7, 11) is 0. The van der Waals surface area contributed by atoms with Gasteiger partial charge in [0.25, 0.3) is 0 Å². The molecule has 22 heavy (non-hydrogen) atoms. The lowest BCUT2D eigenvalue weighted by molar-refractivity contribution is -0.00186. The molecule has 0 saturated carbocycles. The van der Waals surface area contributed by atoms with Gasteiger partial charge in [-0.05, 0) is 33.1 Å². The fraction of sp³-hybridized carbons (Fsp3) is 0.812. The molecule has 0 bridgehead atoms. The Labute approximate surface area is 132 Å². The van der Waals surface area contributed by atoms with Crippen LogP contribution in [0.2, 0.25) is 0 Å². The Kier molecular flexibility index (Phi) is 5.08. The van der Waals surface area contributed by atoms with E-state index in [0.29, 0.717) is 30.8 Å². The number of amides is 1. The Hall–Kier alpha value is -1.59. The zero-order chi connectivity index (χ0) is 16.3. The molecule has 2 rings (SSSR count). The Morgan fingerprint density at radius 2 is 2.09 bits per heavy atom. The highest BCUT2D eigenvalue weighted by Crippen LogP contribution is 2.22. The van der Waals surface area contributed by atoms with E-state index in [1.807, 2.05) is 20.8 Å². The second kappa shape index (κ2) is 6.67. The third kappa shape index (κ3) is 5.00. The number of aromatic nitrogens is 2. The molecule has 124 valence electrons. The molecular weight excluding hydrogens is 282 g/mol. The van der Waals surface area contributed by atoms with Crippen LogP contribution in [0.3, 0.4) is 0 Å². The maximum atomic E-state index is 11.8. The van der Waals surface area contributed by atoms with E-state index in [-0.39, 0.29) is 6.09 Å². The van der Waals surface area contributed by atoms with Crippen molar-refractivity contribution >= 4 is 6.09 Å². The summed E-state index contributed by atoms with van der Waals surface area (Å²) in [6.45, 7) is 11.4. The summed E-state index contributed by atoms with van der Waals surface area (Å²) in [6, 6.07) is 0. The lowest BCUT2D eigenvalue weighted by Crippen LogP contribution is -2.52. The van der Waals surface area contributed by atoms with E-state index in [1.54, 1.807) is 4.90 Å². The van der Waals surface area contributed by atoms with Crippen LogP contribution >= 0.6 is 0 Å². The Bertz CT molecular complexity index is 499. The van der Waals surface area contributed by atoms with Crippen molar-refractivity contribution in [3.63, 3.8) is 0 Å². The van der Waals surface area contributed by atoms with Crippen molar-refractivity contribution in [1.29, 1.82) is 0 Å². The first-order valence-electron chi connectivity index (χ1n) is 8.02. The molecule has 0 N–H and O–H groups in total. The van der Waals surface area contributed by atoms with E-state index in [0.717, 1.165) is 25.1 Å². The second-order valence-corrected chi connectivity index (χ2v) is 7.49. The number of rotatable bonds is 5. The van der Waals surface area contributed by atoms with Crippen molar-refractivity contribution in [2.45, 2.75) is 59.5 Å². The average Bonchev–Trinajstić information content (AvgIpc) is 2.76. The summed E-state index contributed by atoms with van der Waals surface area (Å²) in [5, 5.41) is 4.01. The molecule has 6 nitrogen and oxygen atoms in total. The number of ether oxygens (including phenoxy) is 1. The van der Waals surface area contributed by atoms with Crippen LogP contribution < -0.4 is 0 Å². The van der Waals surface area contributed by atoms with Crippen molar-refractivity contribution in [1.82, 2.24) is 15.0 Å². The predicted octanol–water partition coefficient (Wildman–Crippen LogP) is 3.07. The van der Waals surface area contributed by atoms with Crippen LogP contribution in [0.25, 0.3) is 0 Å². The third-order valence-electron chi connectivity index (χ3n) is 3.53. The molecule has 0 atom stereocenters. The Balaban J connectivity index is 1.72. The number of hydrogen-bond acceptors (Lipinski definition) is 5. The van der Waals surface area contributed by atoms with Crippen LogP contribution in [0.5, 0.6) is 0 Å². The highest BCUT2D eigenvalue weighted by atomic mass is 16.6. The topological polar surface area (TPSA) is 68.5 Å². The number of carbonyl (C=O) groups is 1. The van der Waals surface area contributed by atoms with E-state index < -0.39 is 5.60 Å². The van der Waals surface area contributed by atoms with Crippen LogP contribution in [0.4, 0.5) is 4.79 Å². The molecule has 1 aromatic rings. The molecule has 1 fully saturated rings. The molecule has 0 spiro atoms. The van der Waals surface area contributed by atoms with E-state index in [4.69, 9.17) is 9.26 Å². The lowest BCUT2D eigenvalue weighted by Gasteiger charge is -2.39. The van der Waals surface area contributed by atoms with Crippen LogP contribution in [0, 0.1) is 11.8 Å². The molecule has 0 aromatic carbocycles. The van der Waals surface area contributed by atoms with Crippen molar-refractivity contribution in [2.75, 3.05) is 13.1 Å². The fourth-order valence-electron chi connectivity index (χ4n) is 2.31. The quantitative estimate of drug-likeness (QED) is 0.836. The van der Waals surface area contributed by atoms with Gasteiger partial charge in [0.1, 0.15) is 5.60 Å². The monoisotopic (exact) mass is 309 g/mol. The zero-order valence-electron chi connectivity index (χ0n) is 14.3. The molecule has 1 amide bonds. The molecule has 1 aliphatic rings. The van der Waals surface area contributed by atoms with Gasteiger partial charge in [-0.1, -0.05) is 19.0 Å². The van der Waals surface area contributed by atoms with Crippen LogP contribution in [0.15, 0.2) is 4.52 Å². The van der Waals surface area contributed by atoms with Crippen LogP contribution in [0.1, 0.15) is 52.8 Å². The number of aryl methyl sites for hydroxylation is 1. The minimum atomic E-state index is -0.444. The molecule has 1 saturated heterocycles. The van der Waals surface area contributed by atoms with Gasteiger partial charge in [-0.15, -0.1) is 0 Å². The van der Waals surface area contributed by atoms with Crippen LogP contribution in [-0.4, -0.2) is 39.8 Å². The lowest BCUT2D eigenvalue weighted by atomic mass is 9.97. The molecular formula is C16H27N3O3. The van der Waals surface area contributed by atoms with E-state index >= 15 is 0 Å². The van der Waals surface area contributed by atoms with E-state index in [1.165, 1.54) is 0 Å². The molecule has 0 unspecified atom stereocenters. The van der Waals surface area contributed by atoms with Crippen molar-refractivity contribution in [2.24, 2.45) is 11.8 Å². The number of likely N-dealkylation sites (tertiary alicyclic amines) is 1. The van der Waals surface area contributed by atoms with E-state index in [2.05, 4.69) is 24.0 Å². The van der Waals surface area contributed by atoms with Gasteiger partial charge in [0.05, 0.1) is 0 Å². The van der Waals surface area contributed by atoms with Crippen LogP contribution in [-0.2, 0) is 17.6 Å². The summed E-state index contributed by atoms with van der Waals surface area (Å²) in [4.78, 5) is 18.0. The Morgan fingerprint density at radius 1 is 1.41 bits per heavy atom. The highest BCUT2D eigenvalue weighted by Gasteiger charge is 2.34. The first-order chi connectivity index (χ1) is 10.2. The van der Waals surface area contributed by atoms with Gasteiger partial charge in [0.2, 0.25) is 5.89 Å². The summed E-state index contributed by atoms with van der Waals surface area (Å²) in [6.07, 6.45) is 2.41. The maximum absolute atomic E-state index is 11.8. The average molecular weight is 309 g/mol. The summed E-state index contributed by atoms with van der Waals surface area (Å²) < 4.78 is 10.6. The van der Waals surface area contributed by atoms with Crippen molar-refractivity contribution < 1.29 is 14.1 Å². The minimum absolute atomic E-state index is 0.244. The molecule has 0 aliphatic carbocycles. The zero-order valence-corrected chi connectivity index (χ0v) is 14.3. The predicted molar refractivity (Wildman–Crippen MR) is 82.5 cm³/mol. The van der Waals surface area contributed by atoms with Crippen molar-refractivity contribution in [3.8, 4) is 0 Å². The molecule has 0 radical (unpaired) electrons. The van der Waals surface area contributed by atoms with Gasteiger partial charge in [-0.25, -0.2) is 4.79 Å². The second-order valence-electron chi connectivity index (χ2n) is 7.49. The molecule has 2 heterocycles. The molecule has 6 heteroatoms.